The van der Waals surface area contributed by atoms with Gasteiger partial charge in [-0.2, -0.15) is 4.99 Å². The van der Waals surface area contributed by atoms with Gasteiger partial charge in [0, 0.05) is 11.6 Å². The summed E-state index contributed by atoms with van der Waals surface area (Å²) in [5.41, 5.74) is 0. The van der Waals surface area contributed by atoms with Crippen LogP contribution < -0.4 is 4.80 Å². The van der Waals surface area contributed by atoms with Crippen molar-refractivity contribution >= 4 is 23.7 Å². The third-order valence-electron chi connectivity index (χ3n) is 1.43. The molecule has 0 aromatic carbocycles. The zero-order valence-corrected chi connectivity index (χ0v) is 8.49. The molecule has 0 spiro atoms. The molecule has 14 heavy (non-hydrogen) atoms. The van der Waals surface area contributed by atoms with Crippen molar-refractivity contribution in [2.75, 3.05) is 6.61 Å². The number of hydrogen-bond acceptors (Lipinski definition) is 4. The van der Waals surface area contributed by atoms with Gasteiger partial charge < -0.3 is 9.30 Å². The number of esters is 1. The number of carbonyl (C=O) groups excluding carboxylic acids is 2. The SMILES string of the molecule is CCOC(=O)Cn1ccsc1=NC=O. The molecule has 76 valence electrons. The van der Waals surface area contributed by atoms with Gasteiger partial charge in [0.1, 0.15) is 6.54 Å². The predicted molar refractivity (Wildman–Crippen MR) is 50.6 cm³/mol. The molecule has 1 heterocycles. The second-order valence-corrected chi connectivity index (χ2v) is 3.23. The molecule has 0 aliphatic rings. The summed E-state index contributed by atoms with van der Waals surface area (Å²) >= 11 is 1.29. The number of rotatable bonds is 4. The molecule has 1 aromatic heterocycles. The van der Waals surface area contributed by atoms with Crippen LogP contribution >= 0.6 is 11.3 Å². The van der Waals surface area contributed by atoms with Crippen LogP contribution in [0.3, 0.4) is 0 Å². The Bertz CT molecular complexity index is 380. The van der Waals surface area contributed by atoms with E-state index in [2.05, 4.69) is 4.99 Å². The molecule has 1 amide bonds. The highest BCUT2D eigenvalue weighted by atomic mass is 32.1. The Kier molecular flexibility index (Phi) is 4.06. The maximum atomic E-state index is 11.1. The Morgan fingerprint density at radius 2 is 2.57 bits per heavy atom. The van der Waals surface area contributed by atoms with Crippen LogP contribution in [-0.4, -0.2) is 23.6 Å². The van der Waals surface area contributed by atoms with Gasteiger partial charge in [-0.3, -0.25) is 9.59 Å². The Morgan fingerprint density at radius 1 is 1.79 bits per heavy atom. The summed E-state index contributed by atoms with van der Waals surface area (Å²) in [5.74, 6) is -0.335. The molecule has 0 N–H and O–H groups in total. The fourth-order valence-electron chi connectivity index (χ4n) is 0.912. The maximum absolute atomic E-state index is 11.1. The van der Waals surface area contributed by atoms with E-state index >= 15 is 0 Å². The van der Waals surface area contributed by atoms with Crippen molar-refractivity contribution < 1.29 is 14.3 Å². The van der Waals surface area contributed by atoms with Crippen molar-refractivity contribution in [2.24, 2.45) is 4.99 Å². The van der Waals surface area contributed by atoms with E-state index in [0.29, 0.717) is 17.8 Å². The van der Waals surface area contributed by atoms with E-state index in [-0.39, 0.29) is 12.5 Å². The molecule has 5 nitrogen and oxygen atoms in total. The van der Waals surface area contributed by atoms with E-state index in [1.165, 1.54) is 11.3 Å². The molecular formula is C8H10N2O3S. The van der Waals surface area contributed by atoms with Crippen molar-refractivity contribution in [3.05, 3.63) is 16.4 Å². The minimum atomic E-state index is -0.335. The van der Waals surface area contributed by atoms with Crippen LogP contribution in [-0.2, 0) is 20.9 Å². The van der Waals surface area contributed by atoms with Crippen LogP contribution in [0.5, 0.6) is 0 Å². The van der Waals surface area contributed by atoms with Gasteiger partial charge in [-0.25, -0.2) is 0 Å². The van der Waals surface area contributed by atoms with E-state index in [1.807, 2.05) is 0 Å². The lowest BCUT2D eigenvalue weighted by molar-refractivity contribution is -0.143. The Labute approximate surface area is 84.7 Å². The van der Waals surface area contributed by atoms with Gasteiger partial charge in [0.2, 0.25) is 6.41 Å². The van der Waals surface area contributed by atoms with E-state index in [9.17, 15) is 9.59 Å². The van der Waals surface area contributed by atoms with Gasteiger partial charge in [-0.15, -0.1) is 11.3 Å². The summed E-state index contributed by atoms with van der Waals surface area (Å²) in [6.45, 7) is 2.18. The Morgan fingerprint density at radius 3 is 3.21 bits per heavy atom. The largest absolute Gasteiger partial charge is 0.465 e. The second-order valence-electron chi connectivity index (χ2n) is 2.35. The molecule has 0 bridgehead atoms. The first-order valence-electron chi connectivity index (χ1n) is 4.05. The lowest BCUT2D eigenvalue weighted by atomic mass is 10.6. The first-order chi connectivity index (χ1) is 6.77. The quantitative estimate of drug-likeness (QED) is 0.530. The lowest BCUT2D eigenvalue weighted by Crippen LogP contribution is -2.21. The van der Waals surface area contributed by atoms with E-state index in [0.717, 1.165) is 0 Å². The lowest BCUT2D eigenvalue weighted by Gasteiger charge is -2.01. The normalized spacial score (nSPS) is 11.4. The highest BCUT2D eigenvalue weighted by molar-refractivity contribution is 7.07. The van der Waals surface area contributed by atoms with Gasteiger partial charge in [-0.1, -0.05) is 0 Å². The average molecular weight is 214 g/mol. The minimum absolute atomic E-state index is 0.0873. The fraction of sp³-hybridized carbons (Fsp3) is 0.375. The zero-order valence-electron chi connectivity index (χ0n) is 7.67. The summed E-state index contributed by atoms with van der Waals surface area (Å²) < 4.78 is 6.33. The number of ether oxygens (including phenoxy) is 1. The molecule has 0 unspecified atom stereocenters. The van der Waals surface area contributed by atoms with E-state index < -0.39 is 0 Å². The van der Waals surface area contributed by atoms with Crippen molar-refractivity contribution in [1.82, 2.24) is 4.57 Å². The van der Waals surface area contributed by atoms with Crippen LogP contribution in [0.2, 0.25) is 0 Å². The molecule has 0 saturated carbocycles. The van der Waals surface area contributed by atoms with E-state index in [1.54, 1.807) is 23.1 Å². The number of thiazole rings is 1. The van der Waals surface area contributed by atoms with Gasteiger partial charge in [0.25, 0.3) is 0 Å². The van der Waals surface area contributed by atoms with Gasteiger partial charge in [0.15, 0.2) is 4.80 Å². The van der Waals surface area contributed by atoms with E-state index in [4.69, 9.17) is 4.74 Å². The average Bonchev–Trinajstić information content (AvgIpc) is 2.54. The first-order valence-corrected chi connectivity index (χ1v) is 4.93. The highest BCUT2D eigenvalue weighted by Gasteiger charge is 2.03. The fourth-order valence-corrected chi connectivity index (χ4v) is 1.61. The summed E-state index contributed by atoms with van der Waals surface area (Å²) in [6.07, 6.45) is 2.14. The van der Waals surface area contributed by atoms with Crippen molar-refractivity contribution in [3.8, 4) is 0 Å². The minimum Gasteiger partial charge on any atom is -0.465 e. The number of hydrogen-bond donors (Lipinski definition) is 0. The zero-order chi connectivity index (χ0) is 10.4. The first kappa shape index (κ1) is 10.6. The Balaban J connectivity index is 2.76. The Hall–Kier alpha value is -1.43. The number of nitrogens with zero attached hydrogens (tertiary/aromatic N) is 2. The molecular weight excluding hydrogens is 204 g/mol. The molecule has 0 atom stereocenters. The molecule has 6 heteroatoms. The third kappa shape index (κ3) is 2.81. The molecule has 0 aliphatic carbocycles. The van der Waals surface area contributed by atoms with Crippen LogP contribution in [0.25, 0.3) is 0 Å². The number of amides is 1. The van der Waals surface area contributed by atoms with Crippen molar-refractivity contribution in [2.45, 2.75) is 13.5 Å². The van der Waals surface area contributed by atoms with Crippen LogP contribution in [0.15, 0.2) is 16.6 Å². The predicted octanol–water partition coefficient (Wildman–Crippen LogP) is 0.170. The summed E-state index contributed by atoms with van der Waals surface area (Å²) in [4.78, 5) is 25.3. The number of carbonyl (C=O) groups is 2. The highest BCUT2D eigenvalue weighted by Crippen LogP contribution is 1.91. The number of aromatic nitrogens is 1. The third-order valence-corrected chi connectivity index (χ3v) is 2.24. The standard InChI is InChI=1S/C8H10N2O3S/c1-2-13-7(12)5-10-3-4-14-8(10)9-6-11/h3-4,6H,2,5H2,1H3. The van der Waals surface area contributed by atoms with Crippen LogP contribution in [0.1, 0.15) is 6.92 Å². The van der Waals surface area contributed by atoms with Gasteiger partial charge in [-0.05, 0) is 6.92 Å². The molecule has 1 rings (SSSR count). The van der Waals surface area contributed by atoms with Crippen LogP contribution in [0.4, 0.5) is 0 Å². The summed E-state index contributed by atoms with van der Waals surface area (Å²) in [5, 5.41) is 1.75. The van der Waals surface area contributed by atoms with Gasteiger partial charge in [0.05, 0.1) is 6.61 Å². The van der Waals surface area contributed by atoms with Crippen molar-refractivity contribution in [3.63, 3.8) is 0 Å². The molecule has 0 fully saturated rings. The van der Waals surface area contributed by atoms with Crippen molar-refractivity contribution in [1.29, 1.82) is 0 Å². The van der Waals surface area contributed by atoms with Crippen LogP contribution in [0, 0.1) is 0 Å². The van der Waals surface area contributed by atoms with Gasteiger partial charge >= 0.3 is 5.97 Å². The molecule has 0 radical (unpaired) electrons. The maximum Gasteiger partial charge on any atom is 0.326 e. The molecule has 1 aromatic rings. The smallest absolute Gasteiger partial charge is 0.326 e. The monoisotopic (exact) mass is 214 g/mol. The molecule has 0 saturated heterocycles. The summed E-state index contributed by atoms with van der Waals surface area (Å²) in [6, 6.07) is 0. The molecule has 0 aliphatic heterocycles. The topological polar surface area (TPSA) is 60.7 Å². The second kappa shape index (κ2) is 5.33. The summed E-state index contributed by atoms with van der Waals surface area (Å²) in [7, 11) is 0.